The summed E-state index contributed by atoms with van der Waals surface area (Å²) in [5, 5.41) is 4.61. The van der Waals surface area contributed by atoms with Crippen LogP contribution in [0.2, 0.25) is 0 Å². The monoisotopic (exact) mass is 266 g/mol. The predicted molar refractivity (Wildman–Crippen MR) is 66.2 cm³/mol. The summed E-state index contributed by atoms with van der Waals surface area (Å²) in [7, 11) is 0. The third kappa shape index (κ3) is 2.38. The number of hydrogen-bond acceptors (Lipinski definition) is 3. The standard InChI is InChI=1S/C13H15FN2O3/c1-7(2)19-10-5-4-8(6-9(10)14)13(3)11(17)15-12(18)16-13/h4-7H,1-3H3,(H2,15,16,17,18). The number of halogens is 1. The van der Waals surface area contributed by atoms with E-state index in [1.165, 1.54) is 19.1 Å². The molecule has 1 unspecified atom stereocenters. The van der Waals surface area contributed by atoms with Crippen molar-refractivity contribution < 1.29 is 18.7 Å². The van der Waals surface area contributed by atoms with Gasteiger partial charge in [-0.3, -0.25) is 10.1 Å². The van der Waals surface area contributed by atoms with E-state index in [0.29, 0.717) is 5.56 Å². The Hall–Kier alpha value is -2.11. The van der Waals surface area contributed by atoms with E-state index in [1.807, 2.05) is 0 Å². The number of rotatable bonds is 3. The SMILES string of the molecule is CC(C)Oc1ccc(C2(C)NC(=O)NC2=O)cc1F. The van der Waals surface area contributed by atoms with Crippen molar-refractivity contribution in [3.8, 4) is 5.75 Å². The highest BCUT2D eigenvalue weighted by Crippen LogP contribution is 2.28. The zero-order valence-corrected chi connectivity index (χ0v) is 10.9. The largest absolute Gasteiger partial charge is 0.488 e. The summed E-state index contributed by atoms with van der Waals surface area (Å²) in [6, 6.07) is 3.62. The highest BCUT2D eigenvalue weighted by Gasteiger charge is 2.43. The Kier molecular flexibility index (Phi) is 3.18. The Labute approximate surface area is 110 Å². The summed E-state index contributed by atoms with van der Waals surface area (Å²) >= 11 is 0. The topological polar surface area (TPSA) is 67.4 Å². The molecule has 1 fully saturated rings. The molecule has 1 aliphatic rings. The van der Waals surface area contributed by atoms with Crippen LogP contribution in [0, 0.1) is 5.82 Å². The molecule has 1 saturated heterocycles. The molecule has 19 heavy (non-hydrogen) atoms. The van der Waals surface area contributed by atoms with Gasteiger partial charge in [0.1, 0.15) is 5.54 Å². The Bertz CT molecular complexity index is 545. The van der Waals surface area contributed by atoms with Crippen molar-refractivity contribution in [1.29, 1.82) is 0 Å². The lowest BCUT2D eigenvalue weighted by Gasteiger charge is -2.21. The number of carbonyl (C=O) groups is 2. The van der Waals surface area contributed by atoms with Crippen molar-refractivity contribution in [2.45, 2.75) is 32.4 Å². The molecule has 1 aromatic rings. The first-order chi connectivity index (χ1) is 8.83. The van der Waals surface area contributed by atoms with Crippen molar-refractivity contribution in [3.05, 3.63) is 29.6 Å². The van der Waals surface area contributed by atoms with Gasteiger partial charge in [-0.2, -0.15) is 0 Å². The summed E-state index contributed by atoms with van der Waals surface area (Å²) in [5.74, 6) is -0.956. The molecule has 102 valence electrons. The molecule has 5 nitrogen and oxygen atoms in total. The second-order valence-electron chi connectivity index (χ2n) is 4.85. The van der Waals surface area contributed by atoms with Gasteiger partial charge in [0.05, 0.1) is 6.10 Å². The zero-order valence-electron chi connectivity index (χ0n) is 10.9. The second kappa shape index (κ2) is 4.53. The van der Waals surface area contributed by atoms with Crippen LogP contribution in [0.3, 0.4) is 0 Å². The summed E-state index contributed by atoms with van der Waals surface area (Å²) in [6.07, 6.45) is -0.148. The highest BCUT2D eigenvalue weighted by atomic mass is 19.1. The number of benzene rings is 1. The molecule has 1 atom stereocenters. The molecule has 0 radical (unpaired) electrons. The van der Waals surface area contributed by atoms with Gasteiger partial charge in [0, 0.05) is 0 Å². The number of imide groups is 1. The van der Waals surface area contributed by atoms with E-state index < -0.39 is 23.3 Å². The zero-order chi connectivity index (χ0) is 14.2. The lowest BCUT2D eigenvalue weighted by atomic mass is 9.92. The minimum absolute atomic E-state index is 0.118. The molecule has 1 heterocycles. The Morgan fingerprint density at radius 1 is 1.32 bits per heavy atom. The number of ether oxygens (including phenoxy) is 1. The van der Waals surface area contributed by atoms with Gasteiger partial charge in [-0.1, -0.05) is 6.07 Å². The second-order valence-corrected chi connectivity index (χ2v) is 4.85. The molecule has 1 aromatic carbocycles. The summed E-state index contributed by atoms with van der Waals surface area (Å²) in [6.45, 7) is 5.10. The molecule has 0 saturated carbocycles. The maximum Gasteiger partial charge on any atom is 0.322 e. The number of amides is 3. The molecule has 0 aliphatic carbocycles. The molecule has 0 spiro atoms. The summed E-state index contributed by atoms with van der Waals surface area (Å²) in [5.41, 5.74) is -0.890. The highest BCUT2D eigenvalue weighted by molar-refractivity contribution is 6.07. The quantitative estimate of drug-likeness (QED) is 0.818. The first-order valence-electron chi connectivity index (χ1n) is 5.93. The van der Waals surface area contributed by atoms with Gasteiger partial charge in [-0.25, -0.2) is 9.18 Å². The van der Waals surface area contributed by atoms with Crippen molar-refractivity contribution in [2.75, 3.05) is 0 Å². The first kappa shape index (κ1) is 13.3. The Morgan fingerprint density at radius 2 is 2.00 bits per heavy atom. The smallest absolute Gasteiger partial charge is 0.322 e. The van der Waals surface area contributed by atoms with Crippen molar-refractivity contribution >= 4 is 11.9 Å². The van der Waals surface area contributed by atoms with Crippen LogP contribution in [0.15, 0.2) is 18.2 Å². The van der Waals surface area contributed by atoms with Crippen LogP contribution in [0.1, 0.15) is 26.3 Å². The maximum atomic E-state index is 13.9. The van der Waals surface area contributed by atoms with Crippen LogP contribution in [0.4, 0.5) is 9.18 Å². The van der Waals surface area contributed by atoms with E-state index >= 15 is 0 Å². The average molecular weight is 266 g/mol. The van der Waals surface area contributed by atoms with E-state index in [-0.39, 0.29) is 11.9 Å². The molecule has 2 N–H and O–H groups in total. The van der Waals surface area contributed by atoms with Crippen molar-refractivity contribution in [2.24, 2.45) is 0 Å². The van der Waals surface area contributed by atoms with Gasteiger partial charge in [0.15, 0.2) is 11.6 Å². The summed E-state index contributed by atoms with van der Waals surface area (Å²) in [4.78, 5) is 22.9. The molecule has 1 aliphatic heterocycles. The Balaban J connectivity index is 2.34. The predicted octanol–water partition coefficient (Wildman–Crippen LogP) is 1.67. The minimum Gasteiger partial charge on any atom is -0.488 e. The molecular weight excluding hydrogens is 251 g/mol. The third-order valence-corrected chi connectivity index (χ3v) is 2.92. The third-order valence-electron chi connectivity index (χ3n) is 2.92. The fourth-order valence-electron chi connectivity index (χ4n) is 1.91. The lowest BCUT2D eigenvalue weighted by molar-refractivity contribution is -0.123. The van der Waals surface area contributed by atoms with Gasteiger partial charge >= 0.3 is 6.03 Å². The summed E-state index contributed by atoms with van der Waals surface area (Å²) < 4.78 is 19.2. The van der Waals surface area contributed by atoms with E-state index in [9.17, 15) is 14.0 Å². The van der Waals surface area contributed by atoms with E-state index in [1.54, 1.807) is 19.9 Å². The van der Waals surface area contributed by atoms with Gasteiger partial charge < -0.3 is 10.1 Å². The first-order valence-corrected chi connectivity index (χ1v) is 5.93. The van der Waals surface area contributed by atoms with Crippen molar-refractivity contribution in [3.63, 3.8) is 0 Å². The van der Waals surface area contributed by atoms with Gasteiger partial charge in [0.25, 0.3) is 5.91 Å². The van der Waals surface area contributed by atoms with Crippen molar-refractivity contribution in [1.82, 2.24) is 10.6 Å². The number of nitrogens with one attached hydrogen (secondary N) is 2. The molecule has 0 bridgehead atoms. The van der Waals surface area contributed by atoms with Crippen LogP contribution in [0.5, 0.6) is 5.75 Å². The number of carbonyl (C=O) groups excluding carboxylic acids is 2. The van der Waals surface area contributed by atoms with E-state index in [4.69, 9.17) is 4.74 Å². The fraction of sp³-hybridized carbons (Fsp3) is 0.385. The fourth-order valence-corrected chi connectivity index (χ4v) is 1.91. The Morgan fingerprint density at radius 3 is 2.47 bits per heavy atom. The van der Waals surface area contributed by atoms with E-state index in [2.05, 4.69) is 10.6 Å². The van der Waals surface area contributed by atoms with Crippen LogP contribution in [-0.4, -0.2) is 18.0 Å². The molecule has 2 rings (SSSR count). The van der Waals surface area contributed by atoms with E-state index in [0.717, 1.165) is 0 Å². The van der Waals surface area contributed by atoms with Gasteiger partial charge in [-0.15, -0.1) is 0 Å². The average Bonchev–Trinajstić information content (AvgIpc) is 2.56. The van der Waals surface area contributed by atoms with Crippen LogP contribution < -0.4 is 15.4 Å². The minimum atomic E-state index is -1.26. The van der Waals surface area contributed by atoms with Gasteiger partial charge in [-0.05, 0) is 38.5 Å². The van der Waals surface area contributed by atoms with Gasteiger partial charge in [0.2, 0.25) is 0 Å². The normalized spacial score (nSPS) is 22.4. The molecule has 0 aromatic heterocycles. The molecule has 6 heteroatoms. The van der Waals surface area contributed by atoms with Crippen LogP contribution in [0.25, 0.3) is 0 Å². The van der Waals surface area contributed by atoms with Crippen LogP contribution in [-0.2, 0) is 10.3 Å². The van der Waals surface area contributed by atoms with Crippen LogP contribution >= 0.6 is 0 Å². The number of urea groups is 1. The molecule has 3 amide bonds. The number of hydrogen-bond donors (Lipinski definition) is 2. The molecular formula is C13H15FN2O3. The maximum absolute atomic E-state index is 13.9. The lowest BCUT2D eigenvalue weighted by Crippen LogP contribution is -2.40.